The number of aliphatic imine (C=N–C) groups is 1. The minimum Gasteiger partial charge on any atom is -0.424 e. The Morgan fingerprint density at radius 1 is 1.40 bits per heavy atom. The topological polar surface area (TPSA) is 47.9 Å². The number of hydrogen-bond donors (Lipinski definition) is 0. The van der Waals surface area contributed by atoms with Gasteiger partial charge in [0.1, 0.15) is 11.9 Å². The molecule has 4 nitrogen and oxygen atoms in total. The van der Waals surface area contributed by atoms with Gasteiger partial charge in [0.05, 0.1) is 0 Å². The van der Waals surface area contributed by atoms with Crippen LogP contribution in [0.1, 0.15) is 12.5 Å². The molecule has 0 aliphatic carbocycles. The maximum absolute atomic E-state index is 10.7. The van der Waals surface area contributed by atoms with Crippen LogP contribution in [0.3, 0.4) is 0 Å². The molecule has 0 N–H and O–H groups in total. The van der Waals surface area contributed by atoms with Crippen LogP contribution in [0.25, 0.3) is 0 Å². The molecule has 0 bridgehead atoms. The van der Waals surface area contributed by atoms with Crippen LogP contribution < -0.4 is 4.74 Å². The van der Waals surface area contributed by atoms with Gasteiger partial charge in [-0.3, -0.25) is 9.79 Å². The summed E-state index contributed by atoms with van der Waals surface area (Å²) in [5.74, 6) is 0.269. The van der Waals surface area contributed by atoms with Gasteiger partial charge in [0.2, 0.25) is 0 Å². The van der Waals surface area contributed by atoms with Crippen LogP contribution >= 0.6 is 0 Å². The van der Waals surface area contributed by atoms with Crippen molar-refractivity contribution in [3.63, 3.8) is 0 Å². The Morgan fingerprint density at radius 2 is 2.20 bits per heavy atom. The first-order valence-electron chi connectivity index (χ1n) is 4.44. The summed E-state index contributed by atoms with van der Waals surface area (Å²) < 4.78 is 10.2. The number of carbonyl (C=O) groups is 1. The van der Waals surface area contributed by atoms with E-state index in [0.717, 1.165) is 5.56 Å². The average Bonchev–Trinajstić information content (AvgIpc) is 2.38. The monoisotopic (exact) mass is 203 g/mol. The summed E-state index contributed by atoms with van der Waals surface area (Å²) in [4.78, 5) is 14.7. The number of benzene rings is 1. The van der Waals surface area contributed by atoms with Gasteiger partial charge < -0.3 is 9.47 Å². The van der Waals surface area contributed by atoms with Crippen LogP contribution in [0.15, 0.2) is 41.4 Å². The molecule has 0 spiro atoms. The normalized spacial score (nSPS) is 13.3. The molecule has 1 aliphatic heterocycles. The zero-order chi connectivity index (χ0) is 10.7. The highest BCUT2D eigenvalue weighted by Crippen LogP contribution is 2.21. The zero-order valence-corrected chi connectivity index (χ0v) is 8.14. The van der Waals surface area contributed by atoms with E-state index in [2.05, 4.69) is 4.99 Å². The first-order chi connectivity index (χ1) is 7.25. The molecule has 0 saturated carbocycles. The molecule has 0 saturated heterocycles. The highest BCUT2D eigenvalue weighted by molar-refractivity contribution is 5.84. The minimum absolute atomic E-state index is 0.0868. The highest BCUT2D eigenvalue weighted by atomic mass is 16.7. The second-order valence-electron chi connectivity index (χ2n) is 2.96. The number of ether oxygens (including phenoxy) is 2. The highest BCUT2D eigenvalue weighted by Gasteiger charge is 2.10. The molecule has 1 heterocycles. The lowest BCUT2D eigenvalue weighted by Crippen LogP contribution is -2.04. The Bertz CT molecular complexity index is 449. The van der Waals surface area contributed by atoms with Gasteiger partial charge in [0.15, 0.2) is 0 Å². The van der Waals surface area contributed by atoms with E-state index in [0.29, 0.717) is 5.75 Å². The van der Waals surface area contributed by atoms with Crippen LogP contribution in [0, 0.1) is 0 Å². The molecule has 0 atom stereocenters. The maximum Gasteiger partial charge on any atom is 0.311 e. The second kappa shape index (κ2) is 3.96. The fourth-order valence-electron chi connectivity index (χ4n) is 1.18. The largest absolute Gasteiger partial charge is 0.424 e. The Kier molecular flexibility index (Phi) is 2.49. The second-order valence-corrected chi connectivity index (χ2v) is 2.96. The molecule has 15 heavy (non-hydrogen) atoms. The lowest BCUT2D eigenvalue weighted by Gasteiger charge is -2.07. The smallest absolute Gasteiger partial charge is 0.311 e. The molecule has 1 aliphatic rings. The van der Waals surface area contributed by atoms with E-state index in [1.807, 2.05) is 18.2 Å². The molecule has 0 fully saturated rings. The van der Waals surface area contributed by atoms with Crippen LogP contribution in [-0.2, 0) is 9.53 Å². The molecule has 1 aromatic rings. The number of para-hydroxylation sites is 1. The van der Waals surface area contributed by atoms with Crippen molar-refractivity contribution in [2.24, 2.45) is 4.99 Å². The third-order valence-electron chi connectivity index (χ3n) is 1.77. The van der Waals surface area contributed by atoms with E-state index in [-0.39, 0.29) is 5.95 Å². The van der Waals surface area contributed by atoms with Crippen LogP contribution in [0.2, 0.25) is 0 Å². The van der Waals surface area contributed by atoms with Crippen molar-refractivity contribution < 1.29 is 14.3 Å². The molecule has 76 valence electrons. The summed E-state index contributed by atoms with van der Waals surface area (Å²) in [6.45, 7) is 1.31. The van der Waals surface area contributed by atoms with Crippen molar-refractivity contribution in [1.82, 2.24) is 0 Å². The van der Waals surface area contributed by atoms with Crippen molar-refractivity contribution in [3.05, 3.63) is 42.0 Å². The molecule has 0 radical (unpaired) electrons. The van der Waals surface area contributed by atoms with Gasteiger partial charge in [-0.2, -0.15) is 0 Å². The van der Waals surface area contributed by atoms with Crippen molar-refractivity contribution in [2.45, 2.75) is 6.92 Å². The van der Waals surface area contributed by atoms with Gasteiger partial charge in [0, 0.05) is 18.7 Å². The van der Waals surface area contributed by atoms with Gasteiger partial charge in [-0.25, -0.2) is 0 Å². The number of carbonyl (C=O) groups excluding carboxylic acids is 1. The average molecular weight is 203 g/mol. The Morgan fingerprint density at radius 3 is 3.00 bits per heavy atom. The lowest BCUT2D eigenvalue weighted by atomic mass is 10.2. The van der Waals surface area contributed by atoms with E-state index < -0.39 is 5.97 Å². The number of esters is 1. The molecule has 4 heteroatoms. The molecule has 0 amide bonds. The quantitative estimate of drug-likeness (QED) is 0.654. The van der Waals surface area contributed by atoms with Crippen molar-refractivity contribution in [3.8, 4) is 5.75 Å². The standard InChI is InChI=1S/C11H9NO3/c1-8(13)14-11-7-12-6-9-4-2-3-5-10(9)15-11/h2-7H,1H3. The Balaban J connectivity index is 2.27. The molecule has 0 aromatic heterocycles. The van der Waals surface area contributed by atoms with Crippen molar-refractivity contribution >= 4 is 12.2 Å². The lowest BCUT2D eigenvalue weighted by molar-refractivity contribution is -0.140. The molecule has 2 rings (SSSR count). The Labute approximate surface area is 86.8 Å². The SMILES string of the molecule is CC(=O)OC1=CN=Cc2ccccc2O1. The fraction of sp³-hybridized carbons (Fsp3) is 0.0909. The molecular weight excluding hydrogens is 194 g/mol. The van der Waals surface area contributed by atoms with Crippen LogP contribution in [0.5, 0.6) is 5.75 Å². The van der Waals surface area contributed by atoms with Gasteiger partial charge in [-0.15, -0.1) is 0 Å². The van der Waals surface area contributed by atoms with E-state index in [1.54, 1.807) is 12.3 Å². The zero-order valence-electron chi connectivity index (χ0n) is 8.14. The molecule has 1 aromatic carbocycles. The third-order valence-corrected chi connectivity index (χ3v) is 1.77. The first kappa shape index (κ1) is 9.45. The van der Waals surface area contributed by atoms with E-state index >= 15 is 0 Å². The summed E-state index contributed by atoms with van der Waals surface area (Å²) in [5, 5.41) is 0. The molecule has 0 unspecified atom stereocenters. The summed E-state index contributed by atoms with van der Waals surface area (Å²) in [6, 6.07) is 7.36. The summed E-state index contributed by atoms with van der Waals surface area (Å²) in [7, 11) is 0. The Hall–Kier alpha value is -2.10. The van der Waals surface area contributed by atoms with Gasteiger partial charge in [-0.1, -0.05) is 12.1 Å². The maximum atomic E-state index is 10.7. The molecular formula is C11H9NO3. The summed E-state index contributed by atoms with van der Waals surface area (Å²) in [6.07, 6.45) is 3.01. The third kappa shape index (κ3) is 2.22. The predicted octanol–water partition coefficient (Wildman–Crippen LogP) is 1.86. The van der Waals surface area contributed by atoms with Crippen molar-refractivity contribution in [1.29, 1.82) is 0 Å². The van der Waals surface area contributed by atoms with Crippen molar-refractivity contribution in [2.75, 3.05) is 0 Å². The number of fused-ring (bicyclic) bond motifs is 1. The first-order valence-corrected chi connectivity index (χ1v) is 4.44. The van der Waals surface area contributed by atoms with E-state index in [9.17, 15) is 4.79 Å². The van der Waals surface area contributed by atoms with Gasteiger partial charge >= 0.3 is 11.9 Å². The van der Waals surface area contributed by atoms with Gasteiger partial charge in [-0.05, 0) is 12.1 Å². The number of nitrogens with zero attached hydrogens (tertiary/aromatic N) is 1. The minimum atomic E-state index is -0.434. The number of hydrogen-bond acceptors (Lipinski definition) is 4. The van der Waals surface area contributed by atoms with Crippen LogP contribution in [-0.4, -0.2) is 12.2 Å². The fourth-order valence-corrected chi connectivity index (χ4v) is 1.18. The summed E-state index contributed by atoms with van der Waals surface area (Å²) >= 11 is 0. The van der Waals surface area contributed by atoms with E-state index in [1.165, 1.54) is 13.1 Å². The predicted molar refractivity (Wildman–Crippen MR) is 54.5 cm³/mol. The van der Waals surface area contributed by atoms with Gasteiger partial charge in [0.25, 0.3) is 0 Å². The number of rotatable bonds is 1. The van der Waals surface area contributed by atoms with Crippen LogP contribution in [0.4, 0.5) is 0 Å². The summed E-state index contributed by atoms with van der Waals surface area (Å²) in [5.41, 5.74) is 0.843. The van der Waals surface area contributed by atoms with E-state index in [4.69, 9.17) is 9.47 Å².